The smallest absolute Gasteiger partial charge is 0.0481 e. The lowest BCUT2D eigenvalue weighted by Gasteiger charge is -2.37. The van der Waals surface area contributed by atoms with Crippen LogP contribution < -0.4 is 5.73 Å². The Morgan fingerprint density at radius 2 is 2.11 bits per heavy atom. The number of hydrogen-bond acceptors (Lipinski definition) is 2. The molecule has 1 unspecified atom stereocenters. The van der Waals surface area contributed by atoms with Crippen molar-refractivity contribution in [1.82, 2.24) is 4.90 Å². The van der Waals surface area contributed by atoms with Gasteiger partial charge in [0.25, 0.3) is 0 Å². The monoisotopic (exact) mass is 344 g/mol. The minimum Gasteiger partial charge on any atom is -0.329 e. The highest BCUT2D eigenvalue weighted by Crippen LogP contribution is 2.32. The molecule has 1 fully saturated rings. The Labute approximate surface area is 129 Å². The average molecular weight is 346 g/mol. The van der Waals surface area contributed by atoms with Crippen LogP contribution in [0.3, 0.4) is 0 Å². The van der Waals surface area contributed by atoms with Crippen molar-refractivity contribution in [3.8, 4) is 0 Å². The van der Waals surface area contributed by atoms with Crippen molar-refractivity contribution in [2.45, 2.75) is 32.2 Å². The molecule has 2 nitrogen and oxygen atoms in total. The third kappa shape index (κ3) is 3.72. The molecule has 1 aromatic rings. The van der Waals surface area contributed by atoms with Gasteiger partial charge in [-0.2, -0.15) is 0 Å². The van der Waals surface area contributed by atoms with Crippen LogP contribution in [-0.2, 0) is 0 Å². The molecular weight excluding hydrogens is 324 g/mol. The molecule has 106 valence electrons. The van der Waals surface area contributed by atoms with Crippen molar-refractivity contribution in [1.29, 1.82) is 0 Å². The molecule has 0 amide bonds. The molecule has 0 bridgehead atoms. The zero-order chi connectivity index (χ0) is 13.8. The number of piperidine rings is 1. The summed E-state index contributed by atoms with van der Waals surface area (Å²) in [5, 5.41) is 0.760. The summed E-state index contributed by atoms with van der Waals surface area (Å²) in [4.78, 5) is 2.51. The summed E-state index contributed by atoms with van der Waals surface area (Å²) in [5.41, 5.74) is 7.27. The Hall–Kier alpha value is -0.0900. The van der Waals surface area contributed by atoms with Crippen LogP contribution in [0, 0.1) is 5.92 Å². The summed E-state index contributed by atoms with van der Waals surface area (Å²) in [7, 11) is 0. The van der Waals surface area contributed by atoms with E-state index < -0.39 is 0 Å². The van der Waals surface area contributed by atoms with Crippen molar-refractivity contribution in [2.24, 2.45) is 11.7 Å². The standard InChI is InChI=1S/C15H22BrClN2/c1-2-11-5-7-19(8-6-11)15(10-18)13-4-3-12(17)9-14(13)16/h3-4,9,11,15H,2,5-8,10,18H2,1H3. The van der Waals surface area contributed by atoms with Gasteiger partial charge in [-0.15, -0.1) is 0 Å². The molecule has 0 radical (unpaired) electrons. The first-order valence-corrected chi connectivity index (χ1v) is 8.21. The van der Waals surface area contributed by atoms with Crippen LogP contribution >= 0.6 is 27.5 Å². The number of rotatable bonds is 4. The minimum absolute atomic E-state index is 0.296. The predicted molar refractivity (Wildman–Crippen MR) is 85.5 cm³/mol. The van der Waals surface area contributed by atoms with E-state index in [0.717, 1.165) is 28.5 Å². The lowest BCUT2D eigenvalue weighted by molar-refractivity contribution is 0.133. The van der Waals surface area contributed by atoms with Gasteiger partial charge in [0.2, 0.25) is 0 Å². The Bertz CT molecular complexity index is 417. The van der Waals surface area contributed by atoms with Crippen LogP contribution in [0.5, 0.6) is 0 Å². The summed E-state index contributed by atoms with van der Waals surface area (Å²) in [6.07, 6.45) is 3.88. The Morgan fingerprint density at radius 1 is 1.42 bits per heavy atom. The third-order valence-electron chi connectivity index (χ3n) is 4.21. The largest absolute Gasteiger partial charge is 0.329 e. The summed E-state index contributed by atoms with van der Waals surface area (Å²) in [6, 6.07) is 6.29. The second-order valence-corrected chi connectivity index (χ2v) is 6.60. The number of benzene rings is 1. The van der Waals surface area contributed by atoms with E-state index in [-0.39, 0.29) is 0 Å². The molecule has 2 rings (SSSR count). The van der Waals surface area contributed by atoms with E-state index >= 15 is 0 Å². The normalized spacial score (nSPS) is 19.6. The van der Waals surface area contributed by atoms with Gasteiger partial charge < -0.3 is 5.73 Å². The highest BCUT2D eigenvalue weighted by molar-refractivity contribution is 9.10. The number of likely N-dealkylation sites (tertiary alicyclic amines) is 1. The van der Waals surface area contributed by atoms with E-state index in [1.807, 2.05) is 12.1 Å². The van der Waals surface area contributed by atoms with Gasteiger partial charge in [-0.05, 0) is 49.5 Å². The minimum atomic E-state index is 0.296. The van der Waals surface area contributed by atoms with E-state index in [4.69, 9.17) is 17.3 Å². The van der Waals surface area contributed by atoms with E-state index in [1.54, 1.807) is 0 Å². The molecule has 1 aliphatic heterocycles. The molecule has 0 aliphatic carbocycles. The lowest BCUT2D eigenvalue weighted by atomic mass is 9.92. The Morgan fingerprint density at radius 3 is 2.63 bits per heavy atom. The first kappa shape index (κ1) is 15.3. The number of nitrogens with zero attached hydrogens (tertiary/aromatic N) is 1. The van der Waals surface area contributed by atoms with E-state index in [0.29, 0.717) is 12.6 Å². The molecule has 1 aromatic carbocycles. The summed E-state index contributed by atoms with van der Waals surface area (Å²) < 4.78 is 1.06. The van der Waals surface area contributed by atoms with E-state index in [9.17, 15) is 0 Å². The molecule has 1 aliphatic rings. The first-order chi connectivity index (χ1) is 9.15. The van der Waals surface area contributed by atoms with Gasteiger partial charge in [0.1, 0.15) is 0 Å². The highest BCUT2D eigenvalue weighted by atomic mass is 79.9. The second-order valence-electron chi connectivity index (χ2n) is 5.30. The molecule has 0 saturated carbocycles. The van der Waals surface area contributed by atoms with Crippen LogP contribution in [0.2, 0.25) is 5.02 Å². The molecule has 2 N–H and O–H groups in total. The molecule has 1 heterocycles. The molecule has 4 heteroatoms. The van der Waals surface area contributed by atoms with Crippen LogP contribution in [0.15, 0.2) is 22.7 Å². The summed E-state index contributed by atoms with van der Waals surface area (Å²) >= 11 is 9.63. The Balaban J connectivity index is 2.12. The van der Waals surface area contributed by atoms with Gasteiger partial charge in [-0.1, -0.05) is 46.9 Å². The fourth-order valence-electron chi connectivity index (χ4n) is 2.92. The maximum atomic E-state index is 6.01. The SMILES string of the molecule is CCC1CCN(C(CN)c2ccc(Cl)cc2Br)CC1. The van der Waals surface area contributed by atoms with Crippen molar-refractivity contribution >= 4 is 27.5 Å². The Kier molecular flexibility index (Phi) is 5.70. The molecule has 1 saturated heterocycles. The van der Waals surface area contributed by atoms with Gasteiger partial charge in [-0.3, -0.25) is 4.90 Å². The van der Waals surface area contributed by atoms with Crippen LogP contribution in [-0.4, -0.2) is 24.5 Å². The number of nitrogens with two attached hydrogens (primary N) is 1. The number of hydrogen-bond donors (Lipinski definition) is 1. The molecule has 0 spiro atoms. The third-order valence-corrected chi connectivity index (χ3v) is 5.13. The fraction of sp³-hybridized carbons (Fsp3) is 0.600. The van der Waals surface area contributed by atoms with Crippen molar-refractivity contribution in [3.63, 3.8) is 0 Å². The van der Waals surface area contributed by atoms with Gasteiger partial charge in [0.05, 0.1) is 0 Å². The number of halogens is 2. The van der Waals surface area contributed by atoms with Gasteiger partial charge in [-0.25, -0.2) is 0 Å². The van der Waals surface area contributed by atoms with E-state index in [2.05, 4.69) is 33.8 Å². The second kappa shape index (κ2) is 7.07. The van der Waals surface area contributed by atoms with E-state index in [1.165, 1.54) is 24.8 Å². The first-order valence-electron chi connectivity index (χ1n) is 7.04. The predicted octanol–water partition coefficient (Wildman–Crippen LogP) is 4.22. The van der Waals surface area contributed by atoms with Gasteiger partial charge >= 0.3 is 0 Å². The topological polar surface area (TPSA) is 29.3 Å². The fourth-order valence-corrected chi connectivity index (χ4v) is 3.86. The van der Waals surface area contributed by atoms with Gasteiger partial charge in [0, 0.05) is 22.1 Å². The van der Waals surface area contributed by atoms with Crippen LogP contribution in [0.1, 0.15) is 37.8 Å². The summed E-state index contributed by atoms with van der Waals surface area (Å²) in [5.74, 6) is 0.892. The summed E-state index contributed by atoms with van der Waals surface area (Å²) in [6.45, 7) is 5.23. The van der Waals surface area contributed by atoms with Crippen molar-refractivity contribution < 1.29 is 0 Å². The molecule has 1 atom stereocenters. The molecular formula is C15H22BrClN2. The van der Waals surface area contributed by atoms with Crippen LogP contribution in [0.4, 0.5) is 0 Å². The maximum absolute atomic E-state index is 6.01. The van der Waals surface area contributed by atoms with Crippen LogP contribution in [0.25, 0.3) is 0 Å². The zero-order valence-corrected chi connectivity index (χ0v) is 13.8. The van der Waals surface area contributed by atoms with Crippen molar-refractivity contribution in [3.05, 3.63) is 33.3 Å². The average Bonchev–Trinajstić information content (AvgIpc) is 2.42. The van der Waals surface area contributed by atoms with Gasteiger partial charge in [0.15, 0.2) is 0 Å². The highest BCUT2D eigenvalue weighted by Gasteiger charge is 2.25. The quantitative estimate of drug-likeness (QED) is 0.885. The zero-order valence-electron chi connectivity index (χ0n) is 11.4. The molecule has 19 heavy (non-hydrogen) atoms. The maximum Gasteiger partial charge on any atom is 0.0481 e. The lowest BCUT2D eigenvalue weighted by Crippen LogP contribution is -2.39. The van der Waals surface area contributed by atoms with Crippen molar-refractivity contribution in [2.75, 3.05) is 19.6 Å². The molecule has 0 aromatic heterocycles.